The van der Waals surface area contributed by atoms with Crippen LogP contribution in [0.25, 0.3) is 10.2 Å². The standard InChI is InChI=1S/C25H25N3O3S/c1-16-20(17(2)31-27-16)15-30-19-11-9-18(10-12-19)14-24(29)28-13-5-7-22(28)25-26-21-6-3-4-8-23(21)32-25/h3-4,6,8-12,22H,5,7,13-15H2,1-2H3. The quantitative estimate of drug-likeness (QED) is 0.397. The van der Waals surface area contributed by atoms with Crippen molar-refractivity contribution in [3.63, 3.8) is 0 Å². The number of hydrogen-bond donors (Lipinski definition) is 0. The van der Waals surface area contributed by atoms with Gasteiger partial charge in [0.25, 0.3) is 0 Å². The molecule has 3 heterocycles. The smallest absolute Gasteiger partial charge is 0.227 e. The maximum absolute atomic E-state index is 13.1. The number of nitrogens with zero attached hydrogens (tertiary/aromatic N) is 3. The molecule has 1 aliphatic rings. The topological polar surface area (TPSA) is 68.5 Å². The van der Waals surface area contributed by atoms with Gasteiger partial charge in [-0.1, -0.05) is 29.4 Å². The van der Waals surface area contributed by atoms with Crippen molar-refractivity contribution in [1.29, 1.82) is 0 Å². The Labute approximate surface area is 190 Å². The summed E-state index contributed by atoms with van der Waals surface area (Å²) in [5, 5.41) is 4.99. The lowest BCUT2D eigenvalue weighted by Gasteiger charge is -2.23. The number of thiazole rings is 1. The molecule has 0 bridgehead atoms. The third-order valence-electron chi connectivity index (χ3n) is 6.01. The third kappa shape index (κ3) is 4.12. The van der Waals surface area contributed by atoms with Crippen LogP contribution in [0.1, 0.15) is 46.5 Å². The van der Waals surface area contributed by atoms with E-state index in [4.69, 9.17) is 14.2 Å². The summed E-state index contributed by atoms with van der Waals surface area (Å²) in [4.78, 5) is 19.9. The first-order valence-corrected chi connectivity index (χ1v) is 11.7. The molecule has 1 atom stereocenters. The Kier molecular flexibility index (Phi) is 5.66. The highest BCUT2D eigenvalue weighted by Gasteiger charge is 2.32. The molecule has 2 aromatic heterocycles. The fourth-order valence-corrected chi connectivity index (χ4v) is 5.31. The molecule has 5 rings (SSSR count). The van der Waals surface area contributed by atoms with E-state index in [1.807, 2.05) is 61.2 Å². The summed E-state index contributed by atoms with van der Waals surface area (Å²) in [7, 11) is 0. The lowest BCUT2D eigenvalue weighted by molar-refractivity contribution is -0.131. The van der Waals surface area contributed by atoms with Crippen molar-refractivity contribution in [2.75, 3.05) is 6.54 Å². The Morgan fingerprint density at radius 1 is 1.19 bits per heavy atom. The fourth-order valence-electron chi connectivity index (χ4n) is 4.20. The molecule has 4 aromatic rings. The number of aryl methyl sites for hydroxylation is 2. The minimum atomic E-state index is 0.0811. The van der Waals surface area contributed by atoms with Gasteiger partial charge in [-0.15, -0.1) is 11.3 Å². The Hall–Kier alpha value is -3.19. The van der Waals surface area contributed by atoms with Gasteiger partial charge in [-0.3, -0.25) is 4.79 Å². The van der Waals surface area contributed by atoms with Crippen molar-refractivity contribution < 1.29 is 14.1 Å². The molecule has 1 fully saturated rings. The van der Waals surface area contributed by atoms with E-state index < -0.39 is 0 Å². The van der Waals surface area contributed by atoms with E-state index in [-0.39, 0.29) is 11.9 Å². The van der Waals surface area contributed by atoms with Crippen molar-refractivity contribution >= 4 is 27.5 Å². The van der Waals surface area contributed by atoms with Crippen LogP contribution in [0.4, 0.5) is 0 Å². The molecule has 0 spiro atoms. The molecule has 2 aromatic carbocycles. The molecule has 0 saturated carbocycles. The van der Waals surface area contributed by atoms with Crippen molar-refractivity contribution in [1.82, 2.24) is 15.0 Å². The van der Waals surface area contributed by atoms with Crippen LogP contribution in [-0.2, 0) is 17.8 Å². The predicted octanol–water partition coefficient (Wildman–Crippen LogP) is 5.39. The van der Waals surface area contributed by atoms with Crippen LogP contribution < -0.4 is 4.74 Å². The number of amides is 1. The van der Waals surface area contributed by atoms with Gasteiger partial charge in [-0.2, -0.15) is 0 Å². The van der Waals surface area contributed by atoms with Crippen LogP contribution in [0.5, 0.6) is 5.75 Å². The number of carbonyl (C=O) groups is 1. The highest BCUT2D eigenvalue weighted by Crippen LogP contribution is 2.36. The van der Waals surface area contributed by atoms with E-state index >= 15 is 0 Å². The summed E-state index contributed by atoms with van der Waals surface area (Å²) in [5.74, 6) is 1.68. The van der Waals surface area contributed by atoms with Crippen molar-refractivity contribution in [2.45, 2.75) is 45.8 Å². The molecule has 7 heteroatoms. The predicted molar refractivity (Wildman–Crippen MR) is 124 cm³/mol. The summed E-state index contributed by atoms with van der Waals surface area (Å²) in [6, 6.07) is 16.0. The van der Waals surface area contributed by atoms with Gasteiger partial charge >= 0.3 is 0 Å². The number of aromatic nitrogens is 2. The van der Waals surface area contributed by atoms with Gasteiger partial charge in [0.05, 0.1) is 33.9 Å². The van der Waals surface area contributed by atoms with Gasteiger partial charge in [0.2, 0.25) is 5.91 Å². The lowest BCUT2D eigenvalue weighted by atomic mass is 10.1. The minimum Gasteiger partial charge on any atom is -0.489 e. The Bertz CT molecular complexity index is 1190. The normalized spacial score (nSPS) is 16.1. The van der Waals surface area contributed by atoms with E-state index in [0.29, 0.717) is 13.0 Å². The molecular formula is C25H25N3O3S. The largest absolute Gasteiger partial charge is 0.489 e. The zero-order valence-electron chi connectivity index (χ0n) is 18.2. The molecule has 0 radical (unpaired) electrons. The van der Waals surface area contributed by atoms with E-state index in [1.165, 1.54) is 4.70 Å². The lowest BCUT2D eigenvalue weighted by Crippen LogP contribution is -2.31. The van der Waals surface area contributed by atoms with Gasteiger partial charge in [-0.25, -0.2) is 4.98 Å². The first-order chi connectivity index (χ1) is 15.6. The van der Waals surface area contributed by atoms with E-state index in [9.17, 15) is 4.79 Å². The fraction of sp³-hybridized carbons (Fsp3) is 0.320. The number of fused-ring (bicyclic) bond motifs is 1. The molecule has 1 saturated heterocycles. The maximum atomic E-state index is 13.1. The molecule has 1 unspecified atom stereocenters. The summed E-state index contributed by atoms with van der Waals surface area (Å²) in [6.07, 6.45) is 2.37. The van der Waals surface area contributed by atoms with Crippen LogP contribution in [0, 0.1) is 13.8 Å². The summed E-state index contributed by atoms with van der Waals surface area (Å²) < 4.78 is 12.2. The molecule has 32 heavy (non-hydrogen) atoms. The Morgan fingerprint density at radius 3 is 2.75 bits per heavy atom. The van der Waals surface area contributed by atoms with Crippen molar-refractivity contribution in [3.8, 4) is 5.75 Å². The highest BCUT2D eigenvalue weighted by atomic mass is 32.1. The second-order valence-corrected chi connectivity index (χ2v) is 9.24. The maximum Gasteiger partial charge on any atom is 0.227 e. The first kappa shape index (κ1) is 20.7. The molecule has 6 nitrogen and oxygen atoms in total. The Balaban J connectivity index is 1.23. The Morgan fingerprint density at radius 2 is 2.00 bits per heavy atom. The third-order valence-corrected chi connectivity index (χ3v) is 7.15. The molecule has 1 aliphatic heterocycles. The number of para-hydroxylation sites is 1. The average molecular weight is 448 g/mol. The SMILES string of the molecule is Cc1noc(C)c1COc1ccc(CC(=O)N2CCCC2c2nc3ccccc3s2)cc1. The number of hydrogen-bond acceptors (Lipinski definition) is 6. The van der Waals surface area contributed by atoms with Gasteiger partial charge in [-0.05, 0) is 56.5 Å². The van der Waals surface area contributed by atoms with Crippen LogP contribution >= 0.6 is 11.3 Å². The summed E-state index contributed by atoms with van der Waals surface area (Å²) in [6.45, 7) is 4.99. The zero-order valence-corrected chi connectivity index (χ0v) is 19.0. The van der Waals surface area contributed by atoms with E-state index in [2.05, 4.69) is 11.2 Å². The second kappa shape index (κ2) is 8.74. The minimum absolute atomic E-state index is 0.0811. The van der Waals surface area contributed by atoms with Crippen molar-refractivity contribution in [2.24, 2.45) is 0 Å². The summed E-state index contributed by atoms with van der Waals surface area (Å²) in [5.41, 5.74) is 3.81. The van der Waals surface area contributed by atoms with E-state index in [1.54, 1.807) is 11.3 Å². The van der Waals surface area contributed by atoms with Crippen LogP contribution in [0.3, 0.4) is 0 Å². The second-order valence-electron chi connectivity index (χ2n) is 8.18. The number of rotatable bonds is 6. The zero-order chi connectivity index (χ0) is 22.1. The van der Waals surface area contributed by atoms with Crippen LogP contribution in [0.2, 0.25) is 0 Å². The molecule has 0 aliphatic carbocycles. The van der Waals surface area contributed by atoms with Gasteiger partial charge < -0.3 is 14.2 Å². The number of likely N-dealkylation sites (tertiary alicyclic amines) is 1. The average Bonchev–Trinajstić information content (AvgIpc) is 3.52. The number of ether oxygens (including phenoxy) is 1. The monoisotopic (exact) mass is 447 g/mol. The van der Waals surface area contributed by atoms with Crippen molar-refractivity contribution in [3.05, 3.63) is 76.1 Å². The van der Waals surface area contributed by atoms with Gasteiger partial charge in [0.1, 0.15) is 23.1 Å². The first-order valence-electron chi connectivity index (χ1n) is 10.9. The summed E-state index contributed by atoms with van der Waals surface area (Å²) >= 11 is 1.70. The molecule has 0 N–H and O–H groups in total. The van der Waals surface area contributed by atoms with Gasteiger partial charge in [0, 0.05) is 6.54 Å². The van der Waals surface area contributed by atoms with Crippen LogP contribution in [0.15, 0.2) is 53.1 Å². The van der Waals surface area contributed by atoms with Gasteiger partial charge in [0.15, 0.2) is 0 Å². The highest BCUT2D eigenvalue weighted by molar-refractivity contribution is 7.18. The molecular weight excluding hydrogens is 422 g/mol. The van der Waals surface area contributed by atoms with Crippen LogP contribution in [-0.4, -0.2) is 27.5 Å². The number of carbonyl (C=O) groups excluding carboxylic acids is 1. The molecule has 1 amide bonds. The number of benzene rings is 2. The van der Waals surface area contributed by atoms with E-state index in [0.717, 1.165) is 58.2 Å². The molecule has 164 valence electrons.